The standard InChI is InChI=1S/C10H8Br2N4O2/c1-5(10(17)18)16-9(13-14-15-16)6-2-7(11)4-8(12)3-6/h2-5H,1H3,(H,17,18). The molecule has 1 heterocycles. The summed E-state index contributed by atoms with van der Waals surface area (Å²) in [5.41, 5.74) is 0.731. The zero-order chi connectivity index (χ0) is 13.3. The summed E-state index contributed by atoms with van der Waals surface area (Å²) in [6.45, 7) is 1.52. The highest BCUT2D eigenvalue weighted by Crippen LogP contribution is 2.27. The molecule has 0 saturated heterocycles. The van der Waals surface area contributed by atoms with Crippen molar-refractivity contribution >= 4 is 37.8 Å². The van der Waals surface area contributed by atoms with Crippen molar-refractivity contribution in [1.82, 2.24) is 20.2 Å². The lowest BCUT2D eigenvalue weighted by atomic mass is 10.2. The van der Waals surface area contributed by atoms with Gasteiger partial charge in [0, 0.05) is 14.5 Å². The Hall–Kier alpha value is -1.28. The smallest absolute Gasteiger partial charge is 0.328 e. The number of rotatable bonds is 3. The lowest BCUT2D eigenvalue weighted by Gasteiger charge is -2.09. The summed E-state index contributed by atoms with van der Waals surface area (Å²) < 4.78 is 2.98. The zero-order valence-electron chi connectivity index (χ0n) is 9.21. The van der Waals surface area contributed by atoms with Crippen LogP contribution in [0.1, 0.15) is 13.0 Å². The monoisotopic (exact) mass is 374 g/mol. The highest BCUT2D eigenvalue weighted by atomic mass is 79.9. The number of tetrazole rings is 1. The van der Waals surface area contributed by atoms with Crippen molar-refractivity contribution in [1.29, 1.82) is 0 Å². The molecule has 94 valence electrons. The van der Waals surface area contributed by atoms with Crippen LogP contribution in [-0.2, 0) is 4.79 Å². The van der Waals surface area contributed by atoms with E-state index in [0.29, 0.717) is 5.82 Å². The van der Waals surface area contributed by atoms with E-state index in [1.165, 1.54) is 11.6 Å². The molecule has 0 saturated carbocycles. The third kappa shape index (κ3) is 2.59. The molecule has 0 radical (unpaired) electrons. The van der Waals surface area contributed by atoms with E-state index < -0.39 is 12.0 Å². The molecule has 2 aromatic rings. The minimum absolute atomic E-state index is 0.409. The number of hydrogen-bond donors (Lipinski definition) is 1. The van der Waals surface area contributed by atoms with Gasteiger partial charge in [-0.3, -0.25) is 0 Å². The molecule has 0 amide bonds. The molecular formula is C10H8Br2N4O2. The van der Waals surface area contributed by atoms with Crippen molar-refractivity contribution < 1.29 is 9.90 Å². The average molecular weight is 376 g/mol. The predicted molar refractivity (Wildman–Crippen MR) is 71.0 cm³/mol. The molecule has 1 atom stereocenters. The van der Waals surface area contributed by atoms with Crippen LogP contribution in [0.3, 0.4) is 0 Å². The van der Waals surface area contributed by atoms with E-state index >= 15 is 0 Å². The van der Waals surface area contributed by atoms with Crippen LogP contribution in [0.5, 0.6) is 0 Å². The molecule has 8 heteroatoms. The summed E-state index contributed by atoms with van der Waals surface area (Å²) >= 11 is 6.73. The normalized spacial score (nSPS) is 12.4. The van der Waals surface area contributed by atoms with E-state index in [0.717, 1.165) is 14.5 Å². The minimum Gasteiger partial charge on any atom is -0.480 e. The fourth-order valence-corrected chi connectivity index (χ4v) is 2.73. The summed E-state index contributed by atoms with van der Waals surface area (Å²) in [6, 6.07) is 4.69. The summed E-state index contributed by atoms with van der Waals surface area (Å²) in [5.74, 6) is -0.579. The van der Waals surface area contributed by atoms with Crippen molar-refractivity contribution in [3.63, 3.8) is 0 Å². The number of carboxylic acids is 1. The Morgan fingerprint density at radius 1 is 1.33 bits per heavy atom. The highest BCUT2D eigenvalue weighted by Gasteiger charge is 2.20. The van der Waals surface area contributed by atoms with Gasteiger partial charge in [0.15, 0.2) is 11.9 Å². The van der Waals surface area contributed by atoms with Gasteiger partial charge in [-0.2, -0.15) is 0 Å². The molecule has 2 rings (SSSR count). The van der Waals surface area contributed by atoms with Crippen molar-refractivity contribution in [2.45, 2.75) is 13.0 Å². The van der Waals surface area contributed by atoms with Gasteiger partial charge in [0.25, 0.3) is 0 Å². The molecule has 1 aromatic carbocycles. The Kier molecular flexibility index (Phi) is 3.76. The van der Waals surface area contributed by atoms with Gasteiger partial charge in [-0.1, -0.05) is 31.9 Å². The summed E-state index contributed by atoms with van der Waals surface area (Å²) in [7, 11) is 0. The van der Waals surface area contributed by atoms with E-state index in [1.807, 2.05) is 18.2 Å². The van der Waals surface area contributed by atoms with Crippen molar-refractivity contribution in [3.8, 4) is 11.4 Å². The number of aliphatic carboxylic acids is 1. The van der Waals surface area contributed by atoms with Crippen LogP contribution in [0, 0.1) is 0 Å². The van der Waals surface area contributed by atoms with Crippen molar-refractivity contribution in [2.24, 2.45) is 0 Å². The van der Waals surface area contributed by atoms with Gasteiger partial charge in [-0.05, 0) is 35.5 Å². The number of nitrogens with zero attached hydrogens (tertiary/aromatic N) is 4. The Balaban J connectivity index is 2.51. The molecule has 0 spiro atoms. The van der Waals surface area contributed by atoms with Gasteiger partial charge in [-0.15, -0.1) is 5.10 Å². The Morgan fingerprint density at radius 2 is 1.94 bits per heavy atom. The number of benzene rings is 1. The van der Waals surface area contributed by atoms with Gasteiger partial charge < -0.3 is 5.11 Å². The van der Waals surface area contributed by atoms with Crippen LogP contribution in [0.25, 0.3) is 11.4 Å². The maximum atomic E-state index is 11.0. The quantitative estimate of drug-likeness (QED) is 0.891. The predicted octanol–water partition coefficient (Wildman–Crippen LogP) is 2.51. The molecule has 1 unspecified atom stereocenters. The maximum absolute atomic E-state index is 11.0. The SMILES string of the molecule is CC(C(=O)O)n1nnnc1-c1cc(Br)cc(Br)c1. The first-order valence-electron chi connectivity index (χ1n) is 4.96. The molecule has 6 nitrogen and oxygen atoms in total. The number of halogens is 2. The average Bonchev–Trinajstić information content (AvgIpc) is 2.75. The minimum atomic E-state index is -0.988. The Labute approximate surface area is 119 Å². The fourth-order valence-electron chi connectivity index (χ4n) is 1.43. The second-order valence-electron chi connectivity index (χ2n) is 3.62. The van der Waals surface area contributed by atoms with Crippen LogP contribution >= 0.6 is 31.9 Å². The first kappa shape index (κ1) is 13.2. The van der Waals surface area contributed by atoms with Crippen molar-refractivity contribution in [3.05, 3.63) is 27.1 Å². The van der Waals surface area contributed by atoms with E-state index in [-0.39, 0.29) is 0 Å². The number of aromatic nitrogens is 4. The molecule has 0 aliphatic carbocycles. The second kappa shape index (κ2) is 5.15. The summed E-state index contributed by atoms with van der Waals surface area (Å²) in [5, 5.41) is 20.1. The molecule has 1 aromatic heterocycles. The number of carboxylic acid groups (broad SMARTS) is 1. The molecule has 0 fully saturated rings. The molecule has 0 aliphatic rings. The van der Waals surface area contributed by atoms with Crippen LogP contribution in [-0.4, -0.2) is 31.3 Å². The molecular weight excluding hydrogens is 368 g/mol. The van der Waals surface area contributed by atoms with Crippen molar-refractivity contribution in [2.75, 3.05) is 0 Å². The van der Waals surface area contributed by atoms with E-state index in [4.69, 9.17) is 5.11 Å². The van der Waals surface area contributed by atoms with Gasteiger partial charge in [0.2, 0.25) is 0 Å². The summed E-state index contributed by atoms with van der Waals surface area (Å²) in [4.78, 5) is 11.0. The fraction of sp³-hybridized carbons (Fsp3) is 0.200. The lowest BCUT2D eigenvalue weighted by Crippen LogP contribution is -2.18. The van der Waals surface area contributed by atoms with E-state index in [9.17, 15) is 4.79 Å². The maximum Gasteiger partial charge on any atom is 0.328 e. The first-order valence-corrected chi connectivity index (χ1v) is 6.55. The van der Waals surface area contributed by atoms with Gasteiger partial charge >= 0.3 is 5.97 Å². The Bertz CT molecular complexity index is 579. The highest BCUT2D eigenvalue weighted by molar-refractivity contribution is 9.11. The third-order valence-corrected chi connectivity index (χ3v) is 3.25. The summed E-state index contributed by atoms with van der Waals surface area (Å²) in [6.07, 6.45) is 0. The van der Waals surface area contributed by atoms with E-state index in [2.05, 4.69) is 47.4 Å². The largest absolute Gasteiger partial charge is 0.480 e. The topological polar surface area (TPSA) is 80.9 Å². The van der Waals surface area contributed by atoms with Gasteiger partial charge in [-0.25, -0.2) is 9.48 Å². The van der Waals surface area contributed by atoms with Gasteiger partial charge in [0.1, 0.15) is 0 Å². The molecule has 0 bridgehead atoms. The molecule has 0 aliphatic heterocycles. The first-order chi connectivity index (χ1) is 8.49. The zero-order valence-corrected chi connectivity index (χ0v) is 12.4. The number of hydrogen-bond acceptors (Lipinski definition) is 4. The van der Waals surface area contributed by atoms with Gasteiger partial charge in [0.05, 0.1) is 0 Å². The van der Waals surface area contributed by atoms with Crippen LogP contribution in [0.2, 0.25) is 0 Å². The Morgan fingerprint density at radius 3 is 2.50 bits per heavy atom. The van der Waals surface area contributed by atoms with Crippen LogP contribution in [0.4, 0.5) is 0 Å². The lowest BCUT2D eigenvalue weighted by molar-refractivity contribution is -0.140. The van der Waals surface area contributed by atoms with Crippen LogP contribution in [0.15, 0.2) is 27.1 Å². The van der Waals surface area contributed by atoms with Crippen LogP contribution < -0.4 is 0 Å². The third-order valence-electron chi connectivity index (χ3n) is 2.34. The molecule has 1 N–H and O–H groups in total. The number of carbonyl (C=O) groups is 1. The molecule has 18 heavy (non-hydrogen) atoms. The van der Waals surface area contributed by atoms with E-state index in [1.54, 1.807) is 0 Å². The second-order valence-corrected chi connectivity index (χ2v) is 5.45.